The van der Waals surface area contributed by atoms with Crippen LogP contribution >= 0.6 is 11.6 Å². The number of aliphatic hydroxyl groups is 1. The van der Waals surface area contributed by atoms with Crippen molar-refractivity contribution in [3.8, 4) is 11.3 Å². The molecule has 170 valence electrons. The third kappa shape index (κ3) is 4.36. The SMILES string of the molecule is O=C(NC1CC1)c1ccc(-c2cnc3c(NCCCCO)nc4ccc(F)cc4n23)cc1Cl. The summed E-state index contributed by atoms with van der Waals surface area (Å²) in [6.07, 6.45) is 5.14. The van der Waals surface area contributed by atoms with Gasteiger partial charge in [-0.3, -0.25) is 9.20 Å². The minimum atomic E-state index is -0.376. The summed E-state index contributed by atoms with van der Waals surface area (Å²) in [5.41, 5.74) is 3.61. The molecular weight excluding hydrogens is 445 g/mol. The number of nitrogens with zero attached hydrogens (tertiary/aromatic N) is 3. The van der Waals surface area contributed by atoms with E-state index in [4.69, 9.17) is 16.7 Å². The van der Waals surface area contributed by atoms with E-state index in [0.717, 1.165) is 24.8 Å². The molecule has 5 rings (SSSR count). The van der Waals surface area contributed by atoms with E-state index in [-0.39, 0.29) is 24.4 Å². The van der Waals surface area contributed by atoms with Crippen molar-refractivity contribution in [3.63, 3.8) is 0 Å². The maximum Gasteiger partial charge on any atom is 0.253 e. The van der Waals surface area contributed by atoms with Crippen molar-refractivity contribution in [2.75, 3.05) is 18.5 Å². The molecule has 9 heteroatoms. The van der Waals surface area contributed by atoms with Crippen LogP contribution in [0, 0.1) is 5.82 Å². The number of rotatable bonds is 8. The molecule has 1 saturated carbocycles. The Balaban J connectivity index is 1.59. The van der Waals surface area contributed by atoms with Crippen LogP contribution in [-0.2, 0) is 0 Å². The molecule has 3 N–H and O–H groups in total. The highest BCUT2D eigenvalue weighted by Gasteiger charge is 2.25. The topological polar surface area (TPSA) is 91.5 Å². The lowest BCUT2D eigenvalue weighted by atomic mass is 10.1. The molecule has 2 aromatic heterocycles. The van der Waals surface area contributed by atoms with Gasteiger partial charge in [0.15, 0.2) is 11.5 Å². The molecule has 7 nitrogen and oxygen atoms in total. The minimum absolute atomic E-state index is 0.129. The maximum absolute atomic E-state index is 14.1. The molecule has 0 unspecified atom stereocenters. The minimum Gasteiger partial charge on any atom is -0.396 e. The summed E-state index contributed by atoms with van der Waals surface area (Å²) in [6.45, 7) is 0.749. The first-order chi connectivity index (χ1) is 16.0. The molecule has 1 aliphatic carbocycles. The summed E-state index contributed by atoms with van der Waals surface area (Å²) in [6, 6.07) is 9.91. The Morgan fingerprint density at radius 2 is 2.06 bits per heavy atom. The second-order valence-electron chi connectivity index (χ2n) is 8.20. The van der Waals surface area contributed by atoms with Gasteiger partial charge in [-0.15, -0.1) is 0 Å². The lowest BCUT2D eigenvalue weighted by molar-refractivity contribution is 0.0951. The number of carbonyl (C=O) groups is 1. The van der Waals surface area contributed by atoms with Crippen molar-refractivity contribution in [2.45, 2.75) is 31.7 Å². The van der Waals surface area contributed by atoms with Gasteiger partial charge in [0, 0.05) is 30.8 Å². The second kappa shape index (κ2) is 8.96. The highest BCUT2D eigenvalue weighted by Crippen LogP contribution is 2.31. The van der Waals surface area contributed by atoms with E-state index in [1.807, 2.05) is 10.5 Å². The zero-order valence-electron chi connectivity index (χ0n) is 17.8. The predicted octanol–water partition coefficient (Wildman–Crippen LogP) is 4.42. The molecule has 2 aromatic carbocycles. The van der Waals surface area contributed by atoms with Crippen molar-refractivity contribution in [2.24, 2.45) is 0 Å². The average molecular weight is 468 g/mol. The Hall–Kier alpha value is -3.23. The summed E-state index contributed by atoms with van der Waals surface area (Å²) in [7, 11) is 0. The molecule has 1 amide bonds. The van der Waals surface area contributed by atoms with E-state index in [1.54, 1.807) is 24.4 Å². The van der Waals surface area contributed by atoms with Gasteiger partial charge in [0.1, 0.15) is 5.82 Å². The molecule has 0 spiro atoms. The van der Waals surface area contributed by atoms with Crippen molar-refractivity contribution >= 4 is 40.0 Å². The highest BCUT2D eigenvalue weighted by molar-refractivity contribution is 6.34. The number of aliphatic hydroxyl groups excluding tert-OH is 1. The van der Waals surface area contributed by atoms with Crippen LogP contribution in [0.25, 0.3) is 27.9 Å². The predicted molar refractivity (Wildman–Crippen MR) is 126 cm³/mol. The molecule has 0 bridgehead atoms. The van der Waals surface area contributed by atoms with Crippen molar-refractivity contribution in [1.29, 1.82) is 0 Å². The van der Waals surface area contributed by atoms with E-state index in [2.05, 4.69) is 20.6 Å². The van der Waals surface area contributed by atoms with Crippen LogP contribution in [-0.4, -0.2) is 44.6 Å². The summed E-state index contributed by atoms with van der Waals surface area (Å²) in [4.78, 5) is 21.6. The Bertz CT molecular complexity index is 1350. The Kier molecular flexibility index (Phi) is 5.86. The first kappa shape index (κ1) is 21.6. The van der Waals surface area contributed by atoms with E-state index >= 15 is 0 Å². The Morgan fingerprint density at radius 3 is 2.82 bits per heavy atom. The number of hydrogen-bond donors (Lipinski definition) is 3. The van der Waals surface area contributed by atoms with Crippen molar-refractivity contribution < 1.29 is 14.3 Å². The fourth-order valence-corrected chi connectivity index (χ4v) is 4.09. The largest absolute Gasteiger partial charge is 0.396 e. The van der Waals surface area contributed by atoms with E-state index in [9.17, 15) is 9.18 Å². The molecule has 1 fully saturated rings. The number of amides is 1. The third-order valence-corrected chi connectivity index (χ3v) is 6.00. The van der Waals surface area contributed by atoms with Gasteiger partial charge in [-0.05, 0) is 49.9 Å². The molecule has 0 aliphatic heterocycles. The monoisotopic (exact) mass is 467 g/mol. The Labute approximate surface area is 194 Å². The number of anilines is 1. The van der Waals surface area contributed by atoms with Crippen LogP contribution in [0.1, 0.15) is 36.0 Å². The van der Waals surface area contributed by atoms with Gasteiger partial charge in [-0.2, -0.15) is 0 Å². The summed E-state index contributed by atoms with van der Waals surface area (Å²) >= 11 is 6.47. The number of aromatic nitrogens is 3. The lowest BCUT2D eigenvalue weighted by Gasteiger charge is -2.12. The molecule has 4 aromatic rings. The number of imidazole rings is 1. The summed E-state index contributed by atoms with van der Waals surface area (Å²) < 4.78 is 16.0. The van der Waals surface area contributed by atoms with Crippen molar-refractivity contribution in [3.05, 3.63) is 59.0 Å². The average Bonchev–Trinajstić information content (AvgIpc) is 3.50. The third-order valence-electron chi connectivity index (χ3n) is 5.68. The number of fused-ring (bicyclic) bond motifs is 3. The van der Waals surface area contributed by atoms with E-state index in [1.165, 1.54) is 12.1 Å². The van der Waals surface area contributed by atoms with Crippen LogP contribution in [0.5, 0.6) is 0 Å². The zero-order chi connectivity index (χ0) is 22.9. The van der Waals surface area contributed by atoms with Gasteiger partial charge in [-0.25, -0.2) is 14.4 Å². The van der Waals surface area contributed by atoms with Gasteiger partial charge < -0.3 is 15.7 Å². The number of nitrogens with one attached hydrogen (secondary N) is 2. The van der Waals surface area contributed by atoms with Gasteiger partial charge in [0.2, 0.25) is 0 Å². The maximum atomic E-state index is 14.1. The number of unbranched alkanes of at least 4 members (excludes halogenated alkanes) is 1. The second-order valence-corrected chi connectivity index (χ2v) is 8.60. The molecular formula is C24H23ClFN5O2. The van der Waals surface area contributed by atoms with Gasteiger partial charge >= 0.3 is 0 Å². The standard InChI is InChI=1S/C24H23ClFN5O2/c25-18-11-14(3-7-17(18)24(33)29-16-5-6-16)21-13-28-23-22(27-9-1-2-10-32)30-19-8-4-15(26)12-20(19)31(21)23/h3-4,7-8,11-13,16,32H,1-2,5-6,9-10H2,(H,27,30)(H,29,33). The van der Waals surface area contributed by atoms with E-state index < -0.39 is 0 Å². The van der Waals surface area contributed by atoms with Crippen LogP contribution in [0.4, 0.5) is 10.2 Å². The van der Waals surface area contributed by atoms with Crippen LogP contribution in [0.3, 0.4) is 0 Å². The Morgan fingerprint density at radius 1 is 1.21 bits per heavy atom. The smallest absolute Gasteiger partial charge is 0.253 e. The highest BCUT2D eigenvalue weighted by atomic mass is 35.5. The van der Waals surface area contributed by atoms with Crippen molar-refractivity contribution in [1.82, 2.24) is 19.7 Å². The normalized spacial score (nSPS) is 13.5. The molecule has 33 heavy (non-hydrogen) atoms. The van der Waals surface area contributed by atoms with Crippen LogP contribution in [0.2, 0.25) is 5.02 Å². The molecule has 0 atom stereocenters. The van der Waals surface area contributed by atoms with Gasteiger partial charge in [0.05, 0.1) is 33.5 Å². The number of hydrogen-bond acceptors (Lipinski definition) is 5. The lowest BCUT2D eigenvalue weighted by Crippen LogP contribution is -2.25. The first-order valence-electron chi connectivity index (χ1n) is 11.0. The quantitative estimate of drug-likeness (QED) is 0.334. The molecule has 0 radical (unpaired) electrons. The van der Waals surface area contributed by atoms with Crippen LogP contribution < -0.4 is 10.6 Å². The molecule has 1 aliphatic rings. The zero-order valence-corrected chi connectivity index (χ0v) is 18.6. The number of carbonyl (C=O) groups excluding carboxylic acids is 1. The first-order valence-corrected chi connectivity index (χ1v) is 11.3. The van der Waals surface area contributed by atoms with E-state index in [0.29, 0.717) is 51.7 Å². The molecule has 0 saturated heterocycles. The van der Waals surface area contributed by atoms with Gasteiger partial charge in [-0.1, -0.05) is 17.7 Å². The number of halogens is 2. The molecule has 2 heterocycles. The number of benzene rings is 2. The summed E-state index contributed by atoms with van der Waals surface area (Å²) in [5.74, 6) is 0.0159. The van der Waals surface area contributed by atoms with Gasteiger partial charge in [0.25, 0.3) is 5.91 Å². The van der Waals surface area contributed by atoms with Crippen LogP contribution in [0.15, 0.2) is 42.6 Å². The fourth-order valence-electron chi connectivity index (χ4n) is 3.82. The summed E-state index contributed by atoms with van der Waals surface area (Å²) in [5, 5.41) is 15.6. The fraction of sp³-hybridized carbons (Fsp3) is 0.292.